The molecular weight excluding hydrogens is 242 g/mol. The average molecular weight is 269 g/mol. The standard InChI is InChI=1S/C15H27NO3/c1-12-6-5-7-13(10-12)11-14(17)16-9-4-2-3-8-15(18)19/h12-13H,2-11H2,1H3,(H,16,17)(H,18,19). The lowest BCUT2D eigenvalue weighted by Gasteiger charge is -2.26. The number of carboxylic acids is 1. The molecule has 0 saturated heterocycles. The van der Waals surface area contributed by atoms with Crippen molar-refractivity contribution in [2.45, 2.75) is 64.7 Å². The Morgan fingerprint density at radius 1 is 1.21 bits per heavy atom. The van der Waals surface area contributed by atoms with Gasteiger partial charge >= 0.3 is 5.97 Å². The van der Waals surface area contributed by atoms with Crippen molar-refractivity contribution in [3.8, 4) is 0 Å². The molecule has 2 unspecified atom stereocenters. The fraction of sp³-hybridized carbons (Fsp3) is 0.867. The first-order valence-corrected chi connectivity index (χ1v) is 7.56. The summed E-state index contributed by atoms with van der Waals surface area (Å²) in [6, 6.07) is 0. The van der Waals surface area contributed by atoms with E-state index in [1.54, 1.807) is 0 Å². The summed E-state index contributed by atoms with van der Waals surface area (Å²) in [5.41, 5.74) is 0. The van der Waals surface area contributed by atoms with Crippen molar-refractivity contribution in [3.63, 3.8) is 0 Å². The lowest BCUT2D eigenvalue weighted by molar-refractivity contribution is -0.137. The van der Waals surface area contributed by atoms with Gasteiger partial charge in [-0.25, -0.2) is 0 Å². The SMILES string of the molecule is CC1CCCC(CC(=O)NCCCCCC(=O)O)C1. The van der Waals surface area contributed by atoms with Gasteiger partial charge in [0.25, 0.3) is 0 Å². The first kappa shape index (κ1) is 16.0. The molecule has 0 bridgehead atoms. The Balaban J connectivity index is 2.00. The number of nitrogens with one attached hydrogen (secondary N) is 1. The Morgan fingerprint density at radius 3 is 2.68 bits per heavy atom. The van der Waals surface area contributed by atoms with Gasteiger partial charge in [0.1, 0.15) is 0 Å². The Labute approximate surface area is 116 Å². The normalized spacial score (nSPS) is 23.0. The van der Waals surface area contributed by atoms with Gasteiger partial charge in [-0.1, -0.05) is 26.2 Å². The summed E-state index contributed by atoms with van der Waals surface area (Å²) in [7, 11) is 0. The highest BCUT2D eigenvalue weighted by atomic mass is 16.4. The maximum atomic E-state index is 11.8. The minimum absolute atomic E-state index is 0.164. The Bertz CT molecular complexity index is 291. The summed E-state index contributed by atoms with van der Waals surface area (Å²) in [6.07, 6.45) is 8.28. The number of carboxylic acid groups (broad SMARTS) is 1. The number of rotatable bonds is 8. The highest BCUT2D eigenvalue weighted by Crippen LogP contribution is 2.30. The minimum Gasteiger partial charge on any atom is -0.481 e. The van der Waals surface area contributed by atoms with Gasteiger partial charge in [0.05, 0.1) is 0 Å². The molecule has 0 radical (unpaired) electrons. The zero-order chi connectivity index (χ0) is 14.1. The summed E-state index contributed by atoms with van der Waals surface area (Å²) in [5.74, 6) is 0.756. The largest absolute Gasteiger partial charge is 0.481 e. The van der Waals surface area contributed by atoms with Crippen LogP contribution in [0.25, 0.3) is 0 Å². The van der Waals surface area contributed by atoms with E-state index in [2.05, 4.69) is 12.2 Å². The zero-order valence-corrected chi connectivity index (χ0v) is 12.0. The van der Waals surface area contributed by atoms with E-state index in [-0.39, 0.29) is 12.3 Å². The van der Waals surface area contributed by atoms with Crippen LogP contribution in [0.5, 0.6) is 0 Å². The molecule has 4 heteroatoms. The second kappa shape index (κ2) is 8.94. The molecule has 4 nitrogen and oxygen atoms in total. The van der Waals surface area contributed by atoms with Gasteiger partial charge in [0.15, 0.2) is 0 Å². The molecule has 0 aromatic rings. The van der Waals surface area contributed by atoms with Crippen molar-refractivity contribution in [2.75, 3.05) is 6.54 Å². The third-order valence-corrected chi connectivity index (χ3v) is 3.91. The molecule has 0 aromatic carbocycles. The molecule has 1 aliphatic rings. The number of aliphatic carboxylic acids is 1. The minimum atomic E-state index is -0.740. The van der Waals surface area contributed by atoms with Crippen LogP contribution in [-0.4, -0.2) is 23.5 Å². The van der Waals surface area contributed by atoms with Crippen LogP contribution in [0, 0.1) is 11.8 Å². The van der Waals surface area contributed by atoms with Crippen molar-refractivity contribution in [1.29, 1.82) is 0 Å². The zero-order valence-electron chi connectivity index (χ0n) is 12.0. The van der Waals surface area contributed by atoms with Crippen LogP contribution < -0.4 is 5.32 Å². The van der Waals surface area contributed by atoms with Gasteiger partial charge in [-0.2, -0.15) is 0 Å². The van der Waals surface area contributed by atoms with Crippen molar-refractivity contribution >= 4 is 11.9 Å². The third kappa shape index (κ3) is 7.85. The van der Waals surface area contributed by atoms with Crippen molar-refractivity contribution in [2.24, 2.45) is 11.8 Å². The highest BCUT2D eigenvalue weighted by molar-refractivity contribution is 5.76. The van der Waals surface area contributed by atoms with Gasteiger partial charge < -0.3 is 10.4 Å². The maximum absolute atomic E-state index is 11.8. The van der Waals surface area contributed by atoms with E-state index in [4.69, 9.17) is 5.11 Å². The van der Waals surface area contributed by atoms with Crippen LogP contribution in [0.1, 0.15) is 64.7 Å². The van der Waals surface area contributed by atoms with Crippen molar-refractivity contribution in [1.82, 2.24) is 5.32 Å². The fourth-order valence-electron chi connectivity index (χ4n) is 2.89. The van der Waals surface area contributed by atoms with Crippen LogP contribution >= 0.6 is 0 Å². The topological polar surface area (TPSA) is 66.4 Å². The van der Waals surface area contributed by atoms with Crippen LogP contribution in [0.3, 0.4) is 0 Å². The van der Waals surface area contributed by atoms with E-state index >= 15 is 0 Å². The van der Waals surface area contributed by atoms with Gasteiger partial charge in [0.2, 0.25) is 5.91 Å². The molecule has 1 fully saturated rings. The van der Waals surface area contributed by atoms with E-state index in [0.29, 0.717) is 25.3 Å². The smallest absolute Gasteiger partial charge is 0.303 e. The van der Waals surface area contributed by atoms with Crippen LogP contribution in [0.4, 0.5) is 0 Å². The summed E-state index contributed by atoms with van der Waals surface area (Å²) < 4.78 is 0. The van der Waals surface area contributed by atoms with Gasteiger partial charge in [-0.3, -0.25) is 9.59 Å². The maximum Gasteiger partial charge on any atom is 0.303 e. The molecule has 0 aliphatic heterocycles. The number of unbranched alkanes of at least 4 members (excludes halogenated alkanes) is 2. The van der Waals surface area contributed by atoms with Crippen LogP contribution in [0.15, 0.2) is 0 Å². The predicted octanol–water partition coefficient (Wildman–Crippen LogP) is 2.96. The summed E-state index contributed by atoms with van der Waals surface area (Å²) in [5, 5.41) is 11.4. The van der Waals surface area contributed by atoms with Gasteiger partial charge in [0, 0.05) is 19.4 Å². The molecule has 2 atom stereocenters. The quantitative estimate of drug-likeness (QED) is 0.666. The van der Waals surface area contributed by atoms with E-state index in [0.717, 1.165) is 18.8 Å². The highest BCUT2D eigenvalue weighted by Gasteiger charge is 2.20. The lowest BCUT2D eigenvalue weighted by atomic mass is 9.81. The molecular formula is C15H27NO3. The predicted molar refractivity (Wildman–Crippen MR) is 74.9 cm³/mol. The number of carbonyl (C=O) groups is 2. The summed E-state index contributed by atoms with van der Waals surface area (Å²) in [6.45, 7) is 2.95. The molecule has 1 saturated carbocycles. The first-order chi connectivity index (χ1) is 9.08. The van der Waals surface area contributed by atoms with E-state index in [1.807, 2.05) is 0 Å². The molecule has 2 N–H and O–H groups in total. The van der Waals surface area contributed by atoms with E-state index in [1.165, 1.54) is 25.7 Å². The molecule has 1 aliphatic carbocycles. The van der Waals surface area contributed by atoms with Crippen LogP contribution in [0.2, 0.25) is 0 Å². The molecule has 0 spiro atoms. The fourth-order valence-corrected chi connectivity index (χ4v) is 2.89. The van der Waals surface area contributed by atoms with Crippen molar-refractivity contribution in [3.05, 3.63) is 0 Å². The number of hydrogen-bond acceptors (Lipinski definition) is 2. The molecule has 19 heavy (non-hydrogen) atoms. The number of hydrogen-bond donors (Lipinski definition) is 2. The molecule has 1 rings (SSSR count). The number of carbonyl (C=O) groups excluding carboxylic acids is 1. The monoisotopic (exact) mass is 269 g/mol. The average Bonchev–Trinajstić information content (AvgIpc) is 2.33. The van der Waals surface area contributed by atoms with Crippen molar-refractivity contribution < 1.29 is 14.7 Å². The molecule has 1 amide bonds. The molecule has 110 valence electrons. The molecule has 0 aromatic heterocycles. The Kier molecular flexibility index (Phi) is 7.53. The summed E-state index contributed by atoms with van der Waals surface area (Å²) in [4.78, 5) is 22.1. The number of amides is 1. The lowest BCUT2D eigenvalue weighted by Crippen LogP contribution is -2.28. The van der Waals surface area contributed by atoms with Gasteiger partial charge in [-0.05, 0) is 37.5 Å². The first-order valence-electron chi connectivity index (χ1n) is 7.56. The van der Waals surface area contributed by atoms with Crippen LogP contribution in [-0.2, 0) is 9.59 Å². The van der Waals surface area contributed by atoms with E-state index in [9.17, 15) is 9.59 Å². The third-order valence-electron chi connectivity index (χ3n) is 3.91. The second-order valence-electron chi connectivity index (χ2n) is 5.90. The molecule has 0 heterocycles. The van der Waals surface area contributed by atoms with E-state index < -0.39 is 5.97 Å². The Morgan fingerprint density at radius 2 is 2.00 bits per heavy atom. The van der Waals surface area contributed by atoms with Gasteiger partial charge in [-0.15, -0.1) is 0 Å². The second-order valence-corrected chi connectivity index (χ2v) is 5.90. The summed E-state index contributed by atoms with van der Waals surface area (Å²) >= 11 is 0. The Hall–Kier alpha value is -1.06.